The number of aromatic nitrogens is 2. The van der Waals surface area contributed by atoms with E-state index in [0.29, 0.717) is 0 Å². The molecule has 1 N–H and O–H groups in total. The molecule has 0 aliphatic carbocycles. The molecule has 17 heavy (non-hydrogen) atoms. The zero-order valence-electron chi connectivity index (χ0n) is 8.19. The summed E-state index contributed by atoms with van der Waals surface area (Å²) in [5.41, 5.74) is -0.177. The van der Waals surface area contributed by atoms with Crippen LogP contribution in [-0.2, 0) is 6.18 Å². The molecule has 1 aromatic heterocycles. The van der Waals surface area contributed by atoms with Gasteiger partial charge in [0.05, 0.1) is 11.1 Å². The maximum absolute atomic E-state index is 12.3. The van der Waals surface area contributed by atoms with E-state index < -0.39 is 18.0 Å². The Hall–Kier alpha value is -2.18. The van der Waals surface area contributed by atoms with Gasteiger partial charge in [0.25, 0.3) is 0 Å². The van der Waals surface area contributed by atoms with Crippen molar-refractivity contribution in [2.24, 2.45) is 0 Å². The molecule has 2 rings (SSSR count). The minimum Gasteiger partial charge on any atom is -0.478 e. The maximum Gasteiger partial charge on any atom is 0.451 e. The summed E-state index contributed by atoms with van der Waals surface area (Å²) in [6.07, 6.45) is -3.78. The summed E-state index contributed by atoms with van der Waals surface area (Å²) in [5.74, 6) is -2.52. The van der Waals surface area contributed by atoms with E-state index in [1.165, 1.54) is 18.2 Å². The van der Waals surface area contributed by atoms with Crippen molar-refractivity contribution in [3.05, 3.63) is 35.8 Å². The van der Waals surface area contributed by atoms with Crippen LogP contribution in [-0.4, -0.2) is 21.0 Å². The van der Waals surface area contributed by atoms with Gasteiger partial charge in [-0.2, -0.15) is 13.2 Å². The molecule has 0 unspecified atom stereocenters. The van der Waals surface area contributed by atoms with Crippen molar-refractivity contribution in [2.75, 3.05) is 0 Å². The molecule has 0 spiro atoms. The third-order valence-corrected chi connectivity index (χ3v) is 2.11. The number of carboxylic acid groups (broad SMARTS) is 1. The van der Waals surface area contributed by atoms with Crippen LogP contribution in [0.2, 0.25) is 0 Å². The summed E-state index contributed by atoms with van der Waals surface area (Å²) in [5, 5.41) is 8.91. The van der Waals surface area contributed by atoms with E-state index in [9.17, 15) is 18.0 Å². The van der Waals surface area contributed by atoms with Gasteiger partial charge in [-0.1, -0.05) is 6.07 Å². The van der Waals surface area contributed by atoms with Gasteiger partial charge < -0.3 is 5.11 Å². The Labute approximate surface area is 92.7 Å². The first-order chi connectivity index (χ1) is 7.89. The molecule has 0 aliphatic heterocycles. The minimum atomic E-state index is -4.65. The van der Waals surface area contributed by atoms with Crippen molar-refractivity contribution >= 4 is 16.9 Å². The number of fused-ring (bicyclic) bond motifs is 1. The number of carbonyl (C=O) groups is 1. The lowest BCUT2D eigenvalue weighted by atomic mass is 10.1. The molecule has 1 aromatic carbocycles. The van der Waals surface area contributed by atoms with Crippen LogP contribution in [0.15, 0.2) is 24.4 Å². The Kier molecular flexibility index (Phi) is 2.45. The molecule has 0 saturated carbocycles. The number of alkyl halides is 3. The Morgan fingerprint density at radius 2 is 2.00 bits per heavy atom. The first-order valence-corrected chi connectivity index (χ1v) is 4.46. The molecule has 0 saturated heterocycles. The van der Waals surface area contributed by atoms with Crippen LogP contribution in [0.1, 0.15) is 16.2 Å². The highest BCUT2D eigenvalue weighted by Gasteiger charge is 2.34. The predicted octanol–water partition coefficient (Wildman–Crippen LogP) is 2.35. The molecule has 1 heterocycles. The van der Waals surface area contributed by atoms with E-state index in [4.69, 9.17) is 5.11 Å². The van der Waals surface area contributed by atoms with Crippen LogP contribution in [0.3, 0.4) is 0 Å². The standard InChI is InChI=1S/C10H5F3N2O2/c11-10(12,13)9-14-4-6-5(8(16)17)2-1-3-7(6)15-9/h1-4H,(H,16,17). The van der Waals surface area contributed by atoms with Gasteiger partial charge in [-0.25, -0.2) is 14.8 Å². The van der Waals surface area contributed by atoms with Gasteiger partial charge in [-0.15, -0.1) is 0 Å². The first-order valence-electron chi connectivity index (χ1n) is 4.46. The third kappa shape index (κ3) is 2.03. The van der Waals surface area contributed by atoms with E-state index >= 15 is 0 Å². The van der Waals surface area contributed by atoms with Gasteiger partial charge in [0.2, 0.25) is 5.82 Å². The summed E-state index contributed by atoms with van der Waals surface area (Å²) >= 11 is 0. The Morgan fingerprint density at radius 1 is 1.29 bits per heavy atom. The highest BCUT2D eigenvalue weighted by Crippen LogP contribution is 2.27. The molecule has 4 nitrogen and oxygen atoms in total. The molecule has 0 fully saturated rings. The fourth-order valence-electron chi connectivity index (χ4n) is 1.38. The molecule has 7 heteroatoms. The fourth-order valence-corrected chi connectivity index (χ4v) is 1.38. The van der Waals surface area contributed by atoms with E-state index in [0.717, 1.165) is 6.20 Å². The van der Waals surface area contributed by atoms with E-state index in [1.54, 1.807) is 0 Å². The van der Waals surface area contributed by atoms with Crippen LogP contribution in [0.25, 0.3) is 10.9 Å². The van der Waals surface area contributed by atoms with Crippen molar-refractivity contribution < 1.29 is 23.1 Å². The molecule has 0 aliphatic rings. The quantitative estimate of drug-likeness (QED) is 0.833. The second-order valence-corrected chi connectivity index (χ2v) is 3.23. The number of hydrogen-bond acceptors (Lipinski definition) is 3. The van der Waals surface area contributed by atoms with Gasteiger partial charge in [0.1, 0.15) is 0 Å². The van der Waals surface area contributed by atoms with Gasteiger partial charge >= 0.3 is 12.1 Å². The van der Waals surface area contributed by atoms with Crippen LogP contribution in [0.4, 0.5) is 13.2 Å². The van der Waals surface area contributed by atoms with Gasteiger partial charge in [0.15, 0.2) is 0 Å². The fraction of sp³-hybridized carbons (Fsp3) is 0.100. The third-order valence-electron chi connectivity index (χ3n) is 2.11. The van der Waals surface area contributed by atoms with Gasteiger partial charge in [0, 0.05) is 11.6 Å². The normalized spacial score (nSPS) is 11.7. The summed E-state index contributed by atoms with van der Waals surface area (Å²) in [6.45, 7) is 0. The molecular formula is C10H5F3N2O2. The highest BCUT2D eigenvalue weighted by molar-refractivity contribution is 6.02. The number of nitrogens with zero attached hydrogens (tertiary/aromatic N) is 2. The number of aromatic carboxylic acids is 1. The SMILES string of the molecule is O=C(O)c1cccc2nc(C(F)(F)F)ncc12. The number of hydrogen-bond donors (Lipinski definition) is 1. The second-order valence-electron chi connectivity index (χ2n) is 3.23. The molecule has 0 radical (unpaired) electrons. The minimum absolute atomic E-state index is 0.0489. The van der Waals surface area contributed by atoms with Crippen LogP contribution in [0, 0.1) is 0 Å². The summed E-state index contributed by atoms with van der Waals surface area (Å²) in [4.78, 5) is 17.2. The monoisotopic (exact) mass is 242 g/mol. The number of benzene rings is 1. The molecule has 0 bridgehead atoms. The van der Waals surface area contributed by atoms with Crippen molar-refractivity contribution in [1.29, 1.82) is 0 Å². The largest absolute Gasteiger partial charge is 0.478 e. The summed E-state index contributed by atoms with van der Waals surface area (Å²) in [7, 11) is 0. The number of rotatable bonds is 1. The zero-order valence-corrected chi connectivity index (χ0v) is 8.19. The predicted molar refractivity (Wildman–Crippen MR) is 51.5 cm³/mol. The van der Waals surface area contributed by atoms with Crippen molar-refractivity contribution in [3.63, 3.8) is 0 Å². The van der Waals surface area contributed by atoms with Crippen molar-refractivity contribution in [2.45, 2.75) is 6.18 Å². The summed E-state index contributed by atoms with van der Waals surface area (Å²) < 4.78 is 37.0. The van der Waals surface area contributed by atoms with E-state index in [2.05, 4.69) is 9.97 Å². The molecule has 2 aromatic rings. The smallest absolute Gasteiger partial charge is 0.451 e. The summed E-state index contributed by atoms with van der Waals surface area (Å²) in [6, 6.07) is 3.92. The van der Waals surface area contributed by atoms with E-state index in [1.807, 2.05) is 0 Å². The lowest BCUT2D eigenvalue weighted by Crippen LogP contribution is -2.11. The molecular weight excluding hydrogens is 237 g/mol. The van der Waals surface area contributed by atoms with Crippen molar-refractivity contribution in [3.8, 4) is 0 Å². The Morgan fingerprint density at radius 3 is 2.59 bits per heavy atom. The van der Waals surface area contributed by atoms with Crippen LogP contribution in [0.5, 0.6) is 0 Å². The van der Waals surface area contributed by atoms with E-state index in [-0.39, 0.29) is 16.5 Å². The number of halogens is 3. The van der Waals surface area contributed by atoms with Crippen molar-refractivity contribution in [1.82, 2.24) is 9.97 Å². The van der Waals surface area contributed by atoms with Gasteiger partial charge in [-0.05, 0) is 12.1 Å². The Balaban J connectivity index is 2.69. The molecule has 88 valence electrons. The second kappa shape index (κ2) is 3.69. The van der Waals surface area contributed by atoms with Crippen LogP contribution >= 0.6 is 0 Å². The maximum atomic E-state index is 12.3. The first kappa shape index (κ1) is 11.3. The molecule has 0 amide bonds. The van der Waals surface area contributed by atoms with Gasteiger partial charge in [-0.3, -0.25) is 0 Å². The lowest BCUT2D eigenvalue weighted by Gasteiger charge is -2.06. The van der Waals surface area contributed by atoms with Crippen LogP contribution < -0.4 is 0 Å². The zero-order chi connectivity index (χ0) is 12.6. The topological polar surface area (TPSA) is 63.1 Å². The Bertz CT molecular complexity index is 596. The lowest BCUT2D eigenvalue weighted by molar-refractivity contribution is -0.144. The molecule has 0 atom stereocenters. The number of carboxylic acids is 1. The average molecular weight is 242 g/mol. The highest BCUT2D eigenvalue weighted by atomic mass is 19.4. The average Bonchev–Trinajstić information content (AvgIpc) is 2.26.